The zero-order chi connectivity index (χ0) is 13.0. The van der Waals surface area contributed by atoms with Gasteiger partial charge in [0.1, 0.15) is 0 Å². The fourth-order valence-corrected chi connectivity index (χ4v) is 2.67. The summed E-state index contributed by atoms with van der Waals surface area (Å²) in [6, 6.07) is 2.42. The molecule has 0 aliphatic heterocycles. The van der Waals surface area contributed by atoms with E-state index in [1.165, 1.54) is 14.7 Å². The molecule has 3 N–H and O–H groups in total. The molecule has 0 bridgehead atoms. The summed E-state index contributed by atoms with van der Waals surface area (Å²) in [6.45, 7) is 8.50. The Morgan fingerprint density at radius 3 is 2.35 bits per heavy atom. The molecule has 0 atom stereocenters. The van der Waals surface area contributed by atoms with Gasteiger partial charge in [0.2, 0.25) is 0 Å². The maximum absolute atomic E-state index is 9.22. The van der Waals surface area contributed by atoms with Crippen LogP contribution in [0.25, 0.3) is 0 Å². The molecule has 0 aliphatic rings. The lowest BCUT2D eigenvalue weighted by molar-refractivity contribution is 0.389. The summed E-state index contributed by atoms with van der Waals surface area (Å²) in [7, 11) is 0. The van der Waals surface area contributed by atoms with Crippen molar-refractivity contribution in [3.05, 3.63) is 20.8 Å². The Labute approximate surface area is 117 Å². The maximum atomic E-state index is 9.22. The first-order valence-corrected chi connectivity index (χ1v) is 7.09. The van der Waals surface area contributed by atoms with Crippen molar-refractivity contribution in [1.29, 1.82) is 0 Å². The summed E-state index contributed by atoms with van der Waals surface area (Å²) in [5.74, 6) is 0. The van der Waals surface area contributed by atoms with Crippen molar-refractivity contribution in [2.45, 2.75) is 46.6 Å². The third-order valence-corrected chi connectivity index (χ3v) is 4.57. The Morgan fingerprint density at radius 1 is 1.29 bits per heavy atom. The highest BCUT2D eigenvalue weighted by molar-refractivity contribution is 14.1. The van der Waals surface area contributed by atoms with E-state index in [4.69, 9.17) is 0 Å². The highest BCUT2D eigenvalue weighted by atomic mass is 127. The van der Waals surface area contributed by atoms with E-state index in [1.54, 1.807) is 0 Å². The van der Waals surface area contributed by atoms with Gasteiger partial charge in [0.25, 0.3) is 0 Å². The molecule has 0 spiro atoms. The average Bonchev–Trinajstić information content (AvgIpc) is 2.34. The highest BCUT2D eigenvalue weighted by Gasteiger charge is 2.14. The molecule has 0 saturated heterocycles. The minimum Gasteiger partial charge on any atom is -0.380 e. The number of benzene rings is 1. The Hall–Kier alpha value is -0.490. The Bertz CT molecular complexity index is 389. The van der Waals surface area contributed by atoms with Gasteiger partial charge in [-0.2, -0.15) is 0 Å². The second kappa shape index (κ2) is 6.44. The molecule has 1 rings (SSSR count). The van der Waals surface area contributed by atoms with Crippen LogP contribution in [0, 0.1) is 17.4 Å². The number of anilines is 2. The van der Waals surface area contributed by atoms with Gasteiger partial charge in [0.15, 0.2) is 0 Å². The van der Waals surface area contributed by atoms with Crippen molar-refractivity contribution < 1.29 is 5.21 Å². The van der Waals surface area contributed by atoms with Gasteiger partial charge in [-0.3, -0.25) is 10.7 Å². The Morgan fingerprint density at radius 2 is 1.88 bits per heavy atom. The van der Waals surface area contributed by atoms with E-state index < -0.39 is 0 Å². The molecule has 4 heteroatoms. The molecular weight excluding hydrogens is 327 g/mol. The molecule has 0 heterocycles. The van der Waals surface area contributed by atoms with Crippen LogP contribution >= 0.6 is 22.6 Å². The van der Waals surface area contributed by atoms with Crippen molar-refractivity contribution in [3.63, 3.8) is 0 Å². The smallest absolute Gasteiger partial charge is 0.0847 e. The third-order valence-electron chi connectivity index (χ3n) is 3.22. The normalized spacial score (nSPS) is 10.8. The number of halogens is 1. The highest BCUT2D eigenvalue weighted by Crippen LogP contribution is 2.33. The van der Waals surface area contributed by atoms with Crippen LogP contribution in [0.1, 0.15) is 37.8 Å². The number of rotatable bonds is 5. The van der Waals surface area contributed by atoms with E-state index in [0.29, 0.717) is 6.04 Å². The maximum Gasteiger partial charge on any atom is 0.0847 e. The lowest BCUT2D eigenvalue weighted by atomic mass is 10.1. The van der Waals surface area contributed by atoms with E-state index in [9.17, 15) is 5.21 Å². The molecule has 1 aromatic rings. The van der Waals surface area contributed by atoms with E-state index in [2.05, 4.69) is 61.1 Å². The van der Waals surface area contributed by atoms with E-state index in [1.807, 2.05) is 6.07 Å². The van der Waals surface area contributed by atoms with Gasteiger partial charge in [-0.25, -0.2) is 0 Å². The SMILES string of the molecule is CCC(CC)Nc1c(NO)cc(C)c(C)c1I. The predicted octanol–water partition coefficient (Wildman–Crippen LogP) is 4.31. The van der Waals surface area contributed by atoms with Crippen molar-refractivity contribution >= 4 is 34.0 Å². The molecule has 0 aliphatic carbocycles. The van der Waals surface area contributed by atoms with Gasteiger partial charge < -0.3 is 5.32 Å². The van der Waals surface area contributed by atoms with Crippen LogP contribution in [0.5, 0.6) is 0 Å². The number of hydrogen-bond donors (Lipinski definition) is 3. The summed E-state index contributed by atoms with van der Waals surface area (Å²) >= 11 is 2.33. The lowest BCUT2D eigenvalue weighted by Gasteiger charge is -2.22. The molecule has 0 aromatic heterocycles. The number of aryl methyl sites for hydroxylation is 1. The topological polar surface area (TPSA) is 44.3 Å². The first kappa shape index (κ1) is 14.6. The molecule has 0 fully saturated rings. The van der Waals surface area contributed by atoms with Gasteiger partial charge in [0.05, 0.1) is 11.4 Å². The van der Waals surface area contributed by atoms with Crippen LogP contribution in [0.4, 0.5) is 11.4 Å². The van der Waals surface area contributed by atoms with Crippen molar-refractivity contribution in [2.24, 2.45) is 0 Å². The van der Waals surface area contributed by atoms with E-state index in [-0.39, 0.29) is 0 Å². The number of nitrogens with one attached hydrogen (secondary N) is 2. The monoisotopic (exact) mass is 348 g/mol. The molecule has 0 saturated carbocycles. The first-order valence-electron chi connectivity index (χ1n) is 6.01. The van der Waals surface area contributed by atoms with Crippen molar-refractivity contribution in [2.75, 3.05) is 10.8 Å². The fraction of sp³-hybridized carbons (Fsp3) is 0.538. The summed E-state index contributed by atoms with van der Waals surface area (Å²) in [6.07, 6.45) is 2.15. The van der Waals surface area contributed by atoms with Crippen LogP contribution in [-0.4, -0.2) is 11.2 Å². The molecule has 96 valence electrons. The molecule has 0 amide bonds. The first-order chi connectivity index (χ1) is 8.04. The van der Waals surface area contributed by atoms with Crippen molar-refractivity contribution in [3.8, 4) is 0 Å². The minimum absolute atomic E-state index is 0.442. The summed E-state index contributed by atoms with van der Waals surface area (Å²) < 4.78 is 1.17. The van der Waals surface area contributed by atoms with Crippen LogP contribution in [0.3, 0.4) is 0 Å². The zero-order valence-corrected chi connectivity index (χ0v) is 13.1. The second-order valence-corrected chi connectivity index (χ2v) is 5.40. The molecule has 17 heavy (non-hydrogen) atoms. The Balaban J connectivity index is 3.16. The average molecular weight is 348 g/mol. The van der Waals surface area contributed by atoms with Gasteiger partial charge in [-0.1, -0.05) is 13.8 Å². The second-order valence-electron chi connectivity index (χ2n) is 4.32. The third kappa shape index (κ3) is 3.25. The molecule has 3 nitrogen and oxygen atoms in total. The van der Waals surface area contributed by atoms with Crippen LogP contribution in [-0.2, 0) is 0 Å². The molecular formula is C13H21IN2O. The summed E-state index contributed by atoms with van der Waals surface area (Å²) in [5.41, 5.74) is 6.49. The van der Waals surface area contributed by atoms with Gasteiger partial charge in [-0.15, -0.1) is 0 Å². The van der Waals surface area contributed by atoms with Gasteiger partial charge in [0, 0.05) is 9.61 Å². The van der Waals surface area contributed by atoms with E-state index in [0.717, 1.165) is 24.2 Å². The Kier molecular flexibility index (Phi) is 5.52. The summed E-state index contributed by atoms with van der Waals surface area (Å²) in [4.78, 5) is 0. The molecule has 0 radical (unpaired) electrons. The molecule has 1 aromatic carbocycles. The fourth-order valence-electron chi connectivity index (χ4n) is 1.80. The van der Waals surface area contributed by atoms with Gasteiger partial charge >= 0.3 is 0 Å². The largest absolute Gasteiger partial charge is 0.380 e. The van der Waals surface area contributed by atoms with Crippen LogP contribution in [0.15, 0.2) is 6.07 Å². The van der Waals surface area contributed by atoms with Crippen LogP contribution in [0.2, 0.25) is 0 Å². The standard InChI is InChI=1S/C13H21IN2O/c1-5-10(6-2)15-13-11(16-17)7-8(3)9(4)12(13)14/h7,10,15-17H,5-6H2,1-4H3. The minimum atomic E-state index is 0.442. The predicted molar refractivity (Wildman–Crippen MR) is 82.0 cm³/mol. The van der Waals surface area contributed by atoms with Crippen LogP contribution < -0.4 is 10.8 Å². The zero-order valence-electron chi connectivity index (χ0n) is 10.9. The van der Waals surface area contributed by atoms with Crippen molar-refractivity contribution in [1.82, 2.24) is 0 Å². The molecule has 0 unspecified atom stereocenters. The van der Waals surface area contributed by atoms with Gasteiger partial charge in [-0.05, 0) is 66.5 Å². The summed E-state index contributed by atoms with van der Waals surface area (Å²) in [5, 5.41) is 12.7. The van der Waals surface area contributed by atoms with E-state index >= 15 is 0 Å². The quantitative estimate of drug-likeness (QED) is 0.549. The lowest BCUT2D eigenvalue weighted by Crippen LogP contribution is -2.19. The number of hydrogen-bond acceptors (Lipinski definition) is 3.